The van der Waals surface area contributed by atoms with Crippen molar-refractivity contribution in [1.29, 1.82) is 0 Å². The fourth-order valence-electron chi connectivity index (χ4n) is 5.85. The number of ether oxygens (including phenoxy) is 1. The molecule has 0 amide bonds. The molecule has 1 saturated carbocycles. The van der Waals surface area contributed by atoms with Crippen LogP contribution in [0.1, 0.15) is 61.6 Å². The smallest absolute Gasteiger partial charge is 0.309 e. The SMILES string of the molecule is O=C1C[C@@H](O)C[C@H](C=CC2=C(c3ccc(F)cc3)C=C(c3ccc(CO)cc3)C23CCCCC3)O1. The minimum absolute atomic E-state index is 0.00347. The van der Waals surface area contributed by atoms with E-state index in [1.165, 1.54) is 24.1 Å². The molecule has 1 saturated heterocycles. The average Bonchev–Trinajstić information content (AvgIpc) is 3.16. The minimum atomic E-state index is -0.692. The molecule has 5 heteroatoms. The van der Waals surface area contributed by atoms with Gasteiger partial charge in [0.05, 0.1) is 19.1 Å². The van der Waals surface area contributed by atoms with Gasteiger partial charge in [0.2, 0.25) is 0 Å². The van der Waals surface area contributed by atoms with Gasteiger partial charge in [-0.3, -0.25) is 4.79 Å². The molecular weight excluding hydrogens is 443 g/mol. The third kappa shape index (κ3) is 4.75. The first kappa shape index (κ1) is 23.7. The Morgan fingerprint density at radius 1 is 1.00 bits per heavy atom. The van der Waals surface area contributed by atoms with Crippen LogP contribution in [-0.2, 0) is 16.1 Å². The van der Waals surface area contributed by atoms with Crippen molar-refractivity contribution in [3.63, 3.8) is 0 Å². The zero-order chi connectivity index (χ0) is 24.4. The lowest BCUT2D eigenvalue weighted by atomic mass is 9.64. The monoisotopic (exact) mass is 474 g/mol. The number of hydrogen-bond acceptors (Lipinski definition) is 4. The van der Waals surface area contributed by atoms with Crippen molar-refractivity contribution in [2.45, 2.75) is 63.8 Å². The number of allylic oxidation sites excluding steroid dienone is 5. The molecule has 182 valence electrons. The van der Waals surface area contributed by atoms with Crippen molar-refractivity contribution in [3.8, 4) is 0 Å². The lowest BCUT2D eigenvalue weighted by Gasteiger charge is -2.39. The number of aliphatic hydroxyl groups excluding tert-OH is 2. The zero-order valence-corrected chi connectivity index (χ0v) is 19.8. The van der Waals surface area contributed by atoms with Crippen molar-refractivity contribution >= 4 is 17.1 Å². The topological polar surface area (TPSA) is 66.8 Å². The number of hydrogen-bond donors (Lipinski definition) is 2. The Morgan fingerprint density at radius 2 is 1.69 bits per heavy atom. The van der Waals surface area contributed by atoms with Gasteiger partial charge in [-0.2, -0.15) is 0 Å². The number of benzene rings is 2. The summed E-state index contributed by atoms with van der Waals surface area (Å²) in [6, 6.07) is 14.7. The molecule has 2 N–H and O–H groups in total. The van der Waals surface area contributed by atoms with Crippen LogP contribution in [0.25, 0.3) is 11.1 Å². The first-order valence-corrected chi connectivity index (χ1v) is 12.5. The van der Waals surface area contributed by atoms with Crippen LogP contribution in [0.3, 0.4) is 0 Å². The van der Waals surface area contributed by atoms with Crippen LogP contribution < -0.4 is 0 Å². The Balaban J connectivity index is 1.61. The van der Waals surface area contributed by atoms with Crippen LogP contribution in [0.2, 0.25) is 0 Å². The van der Waals surface area contributed by atoms with Crippen molar-refractivity contribution in [2.24, 2.45) is 5.41 Å². The van der Waals surface area contributed by atoms with E-state index < -0.39 is 12.2 Å². The maximum absolute atomic E-state index is 13.8. The van der Waals surface area contributed by atoms with E-state index in [2.05, 4.69) is 24.3 Å². The first-order chi connectivity index (χ1) is 17.0. The van der Waals surface area contributed by atoms with Gasteiger partial charge in [-0.25, -0.2) is 4.39 Å². The predicted octanol–water partition coefficient (Wildman–Crippen LogP) is 5.74. The van der Waals surface area contributed by atoms with Gasteiger partial charge in [0.1, 0.15) is 11.9 Å². The molecule has 1 spiro atoms. The van der Waals surface area contributed by atoms with Crippen molar-refractivity contribution in [2.75, 3.05) is 0 Å². The van der Waals surface area contributed by atoms with Gasteiger partial charge in [0.25, 0.3) is 0 Å². The van der Waals surface area contributed by atoms with Gasteiger partial charge < -0.3 is 14.9 Å². The highest BCUT2D eigenvalue weighted by Crippen LogP contribution is 2.58. The Morgan fingerprint density at radius 3 is 2.34 bits per heavy atom. The second kappa shape index (κ2) is 9.92. The molecule has 0 radical (unpaired) electrons. The average molecular weight is 475 g/mol. The van der Waals surface area contributed by atoms with Crippen LogP contribution in [0.5, 0.6) is 0 Å². The van der Waals surface area contributed by atoms with Crippen LogP contribution in [0, 0.1) is 11.2 Å². The number of aliphatic hydroxyl groups is 2. The maximum Gasteiger partial charge on any atom is 0.309 e. The highest BCUT2D eigenvalue weighted by Gasteiger charge is 2.44. The van der Waals surface area contributed by atoms with Crippen LogP contribution >= 0.6 is 0 Å². The lowest BCUT2D eigenvalue weighted by Crippen LogP contribution is -2.31. The molecule has 1 heterocycles. The van der Waals surface area contributed by atoms with Crippen molar-refractivity contribution in [1.82, 2.24) is 0 Å². The molecule has 2 aromatic rings. The first-order valence-electron chi connectivity index (χ1n) is 12.5. The molecule has 35 heavy (non-hydrogen) atoms. The molecule has 2 aromatic carbocycles. The van der Waals surface area contributed by atoms with E-state index in [1.807, 2.05) is 30.3 Å². The molecule has 0 bridgehead atoms. The summed E-state index contributed by atoms with van der Waals surface area (Å²) in [5, 5.41) is 19.6. The minimum Gasteiger partial charge on any atom is -0.458 e. The number of rotatable bonds is 5. The summed E-state index contributed by atoms with van der Waals surface area (Å²) in [7, 11) is 0. The van der Waals surface area contributed by atoms with E-state index in [0.717, 1.165) is 53.5 Å². The zero-order valence-electron chi connectivity index (χ0n) is 19.8. The molecule has 5 rings (SSSR count). The van der Waals surface area contributed by atoms with Crippen LogP contribution in [0.4, 0.5) is 4.39 Å². The number of cyclic esters (lactones) is 1. The molecule has 1 aliphatic heterocycles. The molecule has 3 aliphatic rings. The summed E-state index contributed by atoms with van der Waals surface area (Å²) >= 11 is 0. The van der Waals surface area contributed by atoms with Gasteiger partial charge in [-0.05, 0) is 70.5 Å². The molecule has 2 aliphatic carbocycles. The lowest BCUT2D eigenvalue weighted by molar-refractivity contribution is -0.156. The van der Waals surface area contributed by atoms with Crippen molar-refractivity contribution < 1.29 is 24.1 Å². The largest absolute Gasteiger partial charge is 0.458 e. The summed E-state index contributed by atoms with van der Waals surface area (Å²) in [4.78, 5) is 11.9. The number of esters is 1. The molecule has 4 nitrogen and oxygen atoms in total. The molecule has 2 atom stereocenters. The van der Waals surface area contributed by atoms with Crippen LogP contribution in [-0.4, -0.2) is 28.4 Å². The summed E-state index contributed by atoms with van der Waals surface area (Å²) in [5.41, 5.74) is 6.17. The second-order valence-electron chi connectivity index (χ2n) is 9.87. The predicted molar refractivity (Wildman–Crippen MR) is 133 cm³/mol. The Kier molecular flexibility index (Phi) is 6.72. The van der Waals surface area contributed by atoms with E-state index in [0.29, 0.717) is 6.42 Å². The third-order valence-corrected chi connectivity index (χ3v) is 7.59. The number of halogens is 1. The molecule has 2 fully saturated rings. The second-order valence-corrected chi connectivity index (χ2v) is 9.87. The fourth-order valence-corrected chi connectivity index (χ4v) is 5.85. The summed E-state index contributed by atoms with van der Waals surface area (Å²) in [5.74, 6) is -0.656. The maximum atomic E-state index is 13.8. The third-order valence-electron chi connectivity index (χ3n) is 7.59. The standard InChI is InChI=1S/C30H31FO4/c31-23-10-8-21(9-11-23)26-18-28(22-6-4-20(19-32)5-7-22)30(14-2-1-3-15-30)27(26)13-12-25-16-24(33)17-29(34)35-25/h4-13,18,24-25,32-33H,1-3,14-17,19H2/t24-,25-/m0/s1. The fraction of sp³-hybridized carbons (Fsp3) is 0.367. The number of carbonyl (C=O) groups excluding carboxylic acids is 1. The van der Waals surface area contributed by atoms with E-state index in [9.17, 15) is 19.4 Å². The van der Waals surface area contributed by atoms with Gasteiger partial charge >= 0.3 is 5.97 Å². The van der Waals surface area contributed by atoms with E-state index >= 15 is 0 Å². The molecule has 0 unspecified atom stereocenters. The Bertz CT molecular complexity index is 1170. The van der Waals surface area contributed by atoms with Gasteiger partial charge in [0.15, 0.2) is 0 Å². The summed E-state index contributed by atoms with van der Waals surface area (Å²) in [6.07, 6.45) is 10.9. The van der Waals surface area contributed by atoms with E-state index in [1.54, 1.807) is 0 Å². The van der Waals surface area contributed by atoms with Crippen molar-refractivity contribution in [3.05, 3.63) is 94.8 Å². The summed E-state index contributed by atoms with van der Waals surface area (Å²) in [6.45, 7) is 0.00347. The van der Waals surface area contributed by atoms with Gasteiger partial charge in [-0.1, -0.05) is 61.7 Å². The number of carbonyl (C=O) groups is 1. The normalized spacial score (nSPS) is 24.2. The Labute approximate surface area is 205 Å². The Hall–Kier alpha value is -3.02. The summed E-state index contributed by atoms with van der Waals surface area (Å²) < 4.78 is 19.2. The highest BCUT2D eigenvalue weighted by molar-refractivity contribution is 5.96. The van der Waals surface area contributed by atoms with Crippen LogP contribution in [0.15, 0.2) is 72.3 Å². The van der Waals surface area contributed by atoms with E-state index in [4.69, 9.17) is 4.74 Å². The molecule has 0 aromatic heterocycles. The quantitative estimate of drug-likeness (QED) is 0.542. The highest BCUT2D eigenvalue weighted by atomic mass is 19.1. The van der Waals surface area contributed by atoms with Gasteiger partial charge in [0, 0.05) is 11.8 Å². The van der Waals surface area contributed by atoms with E-state index in [-0.39, 0.29) is 30.2 Å². The van der Waals surface area contributed by atoms with Gasteiger partial charge in [-0.15, -0.1) is 0 Å². The molecular formula is C30H31FO4.